The lowest BCUT2D eigenvalue weighted by Gasteiger charge is -2.11. The van der Waals surface area contributed by atoms with Gasteiger partial charge in [-0.15, -0.1) is 0 Å². The summed E-state index contributed by atoms with van der Waals surface area (Å²) in [5.41, 5.74) is 2.61. The van der Waals surface area contributed by atoms with Gasteiger partial charge in [-0.25, -0.2) is 4.79 Å². The molecule has 0 unspecified atom stereocenters. The van der Waals surface area contributed by atoms with E-state index in [1.807, 2.05) is 24.3 Å². The van der Waals surface area contributed by atoms with Crippen molar-refractivity contribution in [2.24, 2.45) is 0 Å². The summed E-state index contributed by atoms with van der Waals surface area (Å²) in [4.78, 5) is 36.2. The zero-order valence-electron chi connectivity index (χ0n) is 17.4. The SMILES string of the molecule is CC[C@@H](C)c1ccc(NC(=O)COC(=O)c2ccc(NC(=O)c3ccco3)cc2)cc1. The third kappa shape index (κ3) is 6.05. The van der Waals surface area contributed by atoms with E-state index in [9.17, 15) is 14.4 Å². The van der Waals surface area contributed by atoms with E-state index in [2.05, 4.69) is 24.5 Å². The molecule has 7 heteroatoms. The van der Waals surface area contributed by atoms with E-state index in [1.54, 1.807) is 24.3 Å². The number of amides is 2. The molecule has 0 aliphatic heterocycles. The predicted molar refractivity (Wildman–Crippen MR) is 117 cm³/mol. The quantitative estimate of drug-likeness (QED) is 0.508. The maximum absolute atomic E-state index is 12.2. The van der Waals surface area contributed by atoms with Crippen LogP contribution in [0.1, 0.15) is 52.7 Å². The minimum absolute atomic E-state index is 0.184. The molecule has 1 heterocycles. The fourth-order valence-electron chi connectivity index (χ4n) is 2.83. The largest absolute Gasteiger partial charge is 0.459 e. The first-order valence-electron chi connectivity index (χ1n) is 9.98. The molecule has 0 aliphatic rings. The van der Waals surface area contributed by atoms with Crippen LogP contribution in [0.2, 0.25) is 0 Å². The second kappa shape index (κ2) is 10.2. The van der Waals surface area contributed by atoms with Crippen LogP contribution < -0.4 is 10.6 Å². The number of benzene rings is 2. The van der Waals surface area contributed by atoms with Crippen LogP contribution in [0, 0.1) is 0 Å². The molecule has 1 atom stereocenters. The van der Waals surface area contributed by atoms with Crippen LogP contribution in [0.15, 0.2) is 71.3 Å². The lowest BCUT2D eigenvalue weighted by molar-refractivity contribution is -0.119. The standard InChI is InChI=1S/C24H24N2O5/c1-3-16(2)17-6-10-19(11-7-17)25-22(27)15-31-24(29)18-8-12-20(13-9-18)26-23(28)21-5-4-14-30-21/h4-14,16H,3,15H2,1-2H3,(H,25,27)(H,26,28)/t16-/m1/s1. The van der Waals surface area contributed by atoms with Crippen molar-refractivity contribution in [2.45, 2.75) is 26.2 Å². The van der Waals surface area contributed by atoms with E-state index in [0.717, 1.165) is 6.42 Å². The molecule has 7 nitrogen and oxygen atoms in total. The Kier molecular flexibility index (Phi) is 7.22. The Morgan fingerprint density at radius 1 is 0.935 bits per heavy atom. The predicted octanol–water partition coefficient (Wildman–Crippen LogP) is 4.84. The summed E-state index contributed by atoms with van der Waals surface area (Å²) < 4.78 is 10.1. The number of hydrogen-bond acceptors (Lipinski definition) is 5. The lowest BCUT2D eigenvalue weighted by Crippen LogP contribution is -2.21. The molecule has 3 rings (SSSR count). The van der Waals surface area contributed by atoms with E-state index >= 15 is 0 Å². The van der Waals surface area contributed by atoms with Gasteiger partial charge in [-0.1, -0.05) is 26.0 Å². The summed E-state index contributed by atoms with van der Waals surface area (Å²) in [5, 5.41) is 5.36. The Morgan fingerprint density at radius 3 is 2.19 bits per heavy atom. The maximum Gasteiger partial charge on any atom is 0.338 e. The number of ether oxygens (including phenoxy) is 1. The van der Waals surface area contributed by atoms with E-state index in [-0.39, 0.29) is 11.3 Å². The Hall–Kier alpha value is -3.87. The van der Waals surface area contributed by atoms with Crippen LogP contribution in [0.5, 0.6) is 0 Å². The highest BCUT2D eigenvalue weighted by Crippen LogP contribution is 2.20. The number of furan rings is 1. The molecule has 1 aromatic heterocycles. The zero-order valence-corrected chi connectivity index (χ0v) is 17.4. The highest BCUT2D eigenvalue weighted by Gasteiger charge is 2.12. The van der Waals surface area contributed by atoms with E-state index in [0.29, 0.717) is 17.3 Å². The molecule has 0 aliphatic carbocycles. The Balaban J connectivity index is 1.47. The number of rotatable bonds is 8. The minimum Gasteiger partial charge on any atom is -0.459 e. The Bertz CT molecular complexity index is 1020. The Morgan fingerprint density at radius 2 is 1.58 bits per heavy atom. The monoisotopic (exact) mass is 420 g/mol. The van der Waals surface area contributed by atoms with Crippen molar-refractivity contribution in [3.05, 3.63) is 83.8 Å². The van der Waals surface area contributed by atoms with Crippen molar-refractivity contribution < 1.29 is 23.5 Å². The number of esters is 1. The Labute approximate surface area is 180 Å². The van der Waals surface area contributed by atoms with Crippen molar-refractivity contribution in [1.82, 2.24) is 0 Å². The highest BCUT2D eigenvalue weighted by molar-refractivity contribution is 6.02. The van der Waals surface area contributed by atoms with Gasteiger partial charge in [0, 0.05) is 11.4 Å². The third-order valence-corrected chi connectivity index (χ3v) is 4.83. The first-order chi connectivity index (χ1) is 15.0. The lowest BCUT2D eigenvalue weighted by atomic mass is 9.99. The number of nitrogens with one attached hydrogen (secondary N) is 2. The zero-order chi connectivity index (χ0) is 22.2. The molecule has 0 fully saturated rings. The van der Waals surface area contributed by atoms with Gasteiger partial charge in [-0.05, 0) is 66.4 Å². The van der Waals surface area contributed by atoms with E-state index < -0.39 is 24.4 Å². The average molecular weight is 420 g/mol. The van der Waals surface area contributed by atoms with Crippen LogP contribution in [0.3, 0.4) is 0 Å². The number of carbonyl (C=O) groups is 3. The molecule has 0 saturated carbocycles. The third-order valence-electron chi connectivity index (χ3n) is 4.83. The fraction of sp³-hybridized carbons (Fsp3) is 0.208. The van der Waals surface area contributed by atoms with Crippen molar-refractivity contribution in [1.29, 1.82) is 0 Å². The number of hydrogen-bond donors (Lipinski definition) is 2. The van der Waals surface area contributed by atoms with Gasteiger partial charge in [-0.3, -0.25) is 9.59 Å². The van der Waals surface area contributed by atoms with Crippen LogP contribution in [-0.2, 0) is 9.53 Å². The second-order valence-corrected chi connectivity index (χ2v) is 7.06. The molecule has 0 saturated heterocycles. The van der Waals surface area contributed by atoms with Gasteiger partial charge in [0.15, 0.2) is 12.4 Å². The summed E-state index contributed by atoms with van der Waals surface area (Å²) in [7, 11) is 0. The van der Waals surface area contributed by atoms with E-state index in [4.69, 9.17) is 9.15 Å². The van der Waals surface area contributed by atoms with Gasteiger partial charge in [-0.2, -0.15) is 0 Å². The average Bonchev–Trinajstić information content (AvgIpc) is 3.33. The summed E-state index contributed by atoms with van der Waals surface area (Å²) in [6.45, 7) is 3.87. The molecular formula is C24H24N2O5. The van der Waals surface area contributed by atoms with Crippen LogP contribution >= 0.6 is 0 Å². The topological polar surface area (TPSA) is 97.6 Å². The van der Waals surface area contributed by atoms with Crippen LogP contribution in [-0.4, -0.2) is 24.4 Å². The number of anilines is 2. The molecule has 0 bridgehead atoms. The normalized spacial score (nSPS) is 11.4. The second-order valence-electron chi connectivity index (χ2n) is 7.06. The first-order valence-corrected chi connectivity index (χ1v) is 9.98. The fourth-order valence-corrected chi connectivity index (χ4v) is 2.83. The molecule has 2 aromatic carbocycles. The van der Waals surface area contributed by atoms with E-state index in [1.165, 1.54) is 24.0 Å². The van der Waals surface area contributed by atoms with Gasteiger partial charge < -0.3 is 19.8 Å². The van der Waals surface area contributed by atoms with Crippen molar-refractivity contribution in [3.63, 3.8) is 0 Å². The molecule has 0 radical (unpaired) electrons. The summed E-state index contributed by atoms with van der Waals surface area (Å²) in [6.07, 6.45) is 2.45. The van der Waals surface area contributed by atoms with Gasteiger partial charge in [0.05, 0.1) is 11.8 Å². The van der Waals surface area contributed by atoms with Crippen molar-refractivity contribution in [3.8, 4) is 0 Å². The van der Waals surface area contributed by atoms with Crippen molar-refractivity contribution in [2.75, 3.05) is 17.2 Å². The minimum atomic E-state index is -0.633. The summed E-state index contributed by atoms with van der Waals surface area (Å²) >= 11 is 0. The molecule has 0 spiro atoms. The molecular weight excluding hydrogens is 396 g/mol. The highest BCUT2D eigenvalue weighted by atomic mass is 16.5. The summed E-state index contributed by atoms with van der Waals surface area (Å²) in [6, 6.07) is 16.9. The first kappa shape index (κ1) is 21.8. The van der Waals surface area contributed by atoms with Gasteiger partial charge in [0.25, 0.3) is 11.8 Å². The van der Waals surface area contributed by atoms with Gasteiger partial charge >= 0.3 is 5.97 Å². The maximum atomic E-state index is 12.2. The molecule has 31 heavy (non-hydrogen) atoms. The molecule has 2 N–H and O–H groups in total. The molecule has 2 amide bonds. The smallest absolute Gasteiger partial charge is 0.338 e. The van der Waals surface area contributed by atoms with Crippen LogP contribution in [0.25, 0.3) is 0 Å². The van der Waals surface area contributed by atoms with Crippen LogP contribution in [0.4, 0.5) is 11.4 Å². The number of carbonyl (C=O) groups excluding carboxylic acids is 3. The van der Waals surface area contributed by atoms with Gasteiger partial charge in [0.2, 0.25) is 0 Å². The molecule has 3 aromatic rings. The summed E-state index contributed by atoms with van der Waals surface area (Å²) in [5.74, 6) is -0.813. The van der Waals surface area contributed by atoms with Crippen molar-refractivity contribution >= 4 is 29.2 Å². The molecule has 160 valence electrons. The van der Waals surface area contributed by atoms with Gasteiger partial charge in [0.1, 0.15) is 0 Å².